The van der Waals surface area contributed by atoms with Crippen LogP contribution in [0.1, 0.15) is 38.2 Å². The summed E-state index contributed by atoms with van der Waals surface area (Å²) in [6.45, 7) is 4.59. The van der Waals surface area contributed by atoms with Crippen LogP contribution in [-0.4, -0.2) is 41.3 Å². The molecule has 1 aliphatic heterocycles. The molecule has 1 N–H and O–H groups in total. The van der Waals surface area contributed by atoms with Gasteiger partial charge in [-0.05, 0) is 50.3 Å². The van der Waals surface area contributed by atoms with E-state index in [2.05, 4.69) is 10.2 Å². The number of rotatable bonds is 3. The molecule has 0 amide bonds. The molecule has 22 heavy (non-hydrogen) atoms. The number of aromatic amines is 1. The second kappa shape index (κ2) is 5.83. The van der Waals surface area contributed by atoms with E-state index in [-0.39, 0.29) is 5.25 Å². The minimum atomic E-state index is -3.16. The Hall–Kier alpha value is -1.11. The molecule has 7 heteroatoms. The predicted molar refractivity (Wildman–Crippen MR) is 88.7 cm³/mol. The number of hydrogen-bond acceptors (Lipinski definition) is 3. The van der Waals surface area contributed by atoms with Gasteiger partial charge in [0.1, 0.15) is 0 Å². The first-order valence-electron chi connectivity index (χ1n) is 7.51. The van der Waals surface area contributed by atoms with E-state index in [0.29, 0.717) is 24.0 Å². The van der Waals surface area contributed by atoms with E-state index < -0.39 is 10.0 Å². The number of nitrogens with zero attached hydrogens (tertiary/aromatic N) is 2. The molecule has 0 radical (unpaired) electrons. The van der Waals surface area contributed by atoms with Gasteiger partial charge in [-0.3, -0.25) is 5.10 Å². The fraction of sp³-hybridized carbons (Fsp3) is 0.533. The third-order valence-corrected chi connectivity index (χ3v) is 6.90. The smallest absolute Gasteiger partial charge is 0.216 e. The average molecular weight is 342 g/mol. The standard InChI is InChI=1S/C15H20ClN3O2S/c1-10(2)22(20,21)19-5-3-11(4-6-19)13-7-12(16)8-15-14(13)9-17-18-15/h7-11H,3-6H2,1-2H3,(H,17,18). The summed E-state index contributed by atoms with van der Waals surface area (Å²) in [6, 6.07) is 3.85. The summed E-state index contributed by atoms with van der Waals surface area (Å²) in [7, 11) is -3.16. The van der Waals surface area contributed by atoms with Crippen molar-refractivity contribution in [1.29, 1.82) is 0 Å². The molecule has 1 aromatic heterocycles. The van der Waals surface area contributed by atoms with E-state index in [9.17, 15) is 8.42 Å². The highest BCUT2D eigenvalue weighted by Gasteiger charge is 2.31. The van der Waals surface area contributed by atoms with Crippen LogP contribution in [0, 0.1) is 0 Å². The van der Waals surface area contributed by atoms with Crippen molar-refractivity contribution in [2.24, 2.45) is 0 Å². The largest absolute Gasteiger partial charge is 0.278 e. The van der Waals surface area contributed by atoms with Crippen molar-refractivity contribution < 1.29 is 8.42 Å². The second-order valence-corrected chi connectivity index (χ2v) is 9.02. The van der Waals surface area contributed by atoms with Gasteiger partial charge in [0.15, 0.2) is 0 Å². The number of aromatic nitrogens is 2. The zero-order valence-electron chi connectivity index (χ0n) is 12.7. The number of benzene rings is 1. The second-order valence-electron chi connectivity index (χ2n) is 6.09. The maximum Gasteiger partial charge on any atom is 0.216 e. The van der Waals surface area contributed by atoms with Crippen LogP contribution in [0.3, 0.4) is 0 Å². The molecule has 1 aliphatic rings. The highest BCUT2D eigenvalue weighted by atomic mass is 35.5. The van der Waals surface area contributed by atoms with Crippen molar-refractivity contribution in [1.82, 2.24) is 14.5 Å². The summed E-state index contributed by atoms with van der Waals surface area (Å²) in [5.74, 6) is 0.317. The fourth-order valence-electron chi connectivity index (χ4n) is 3.10. The number of fused-ring (bicyclic) bond motifs is 1. The van der Waals surface area contributed by atoms with Crippen LogP contribution >= 0.6 is 11.6 Å². The topological polar surface area (TPSA) is 66.1 Å². The third-order valence-electron chi connectivity index (χ3n) is 4.40. The lowest BCUT2D eigenvalue weighted by molar-refractivity contribution is 0.318. The Morgan fingerprint density at radius 2 is 2.00 bits per heavy atom. The minimum absolute atomic E-state index is 0.317. The Labute approximate surface area is 135 Å². The molecular weight excluding hydrogens is 322 g/mol. The Morgan fingerprint density at radius 1 is 1.32 bits per heavy atom. The van der Waals surface area contributed by atoms with Gasteiger partial charge in [0, 0.05) is 23.5 Å². The first-order valence-corrected chi connectivity index (χ1v) is 9.39. The lowest BCUT2D eigenvalue weighted by Gasteiger charge is -2.32. The van der Waals surface area contributed by atoms with Crippen molar-refractivity contribution in [2.45, 2.75) is 37.9 Å². The van der Waals surface area contributed by atoms with Crippen LogP contribution in [0.2, 0.25) is 5.02 Å². The normalized spacial score (nSPS) is 18.4. The van der Waals surface area contributed by atoms with Gasteiger partial charge >= 0.3 is 0 Å². The summed E-state index contributed by atoms with van der Waals surface area (Å²) < 4.78 is 26.1. The lowest BCUT2D eigenvalue weighted by atomic mass is 9.88. The van der Waals surface area contributed by atoms with Gasteiger partial charge in [-0.25, -0.2) is 12.7 Å². The molecule has 0 atom stereocenters. The number of hydrogen-bond donors (Lipinski definition) is 1. The summed E-state index contributed by atoms with van der Waals surface area (Å²) in [6.07, 6.45) is 3.44. The molecule has 0 unspecified atom stereocenters. The summed E-state index contributed by atoms with van der Waals surface area (Å²) in [5.41, 5.74) is 2.09. The SMILES string of the molecule is CC(C)S(=O)(=O)N1CCC(c2cc(Cl)cc3[nH]ncc23)CC1. The molecule has 0 bridgehead atoms. The summed E-state index contributed by atoms with van der Waals surface area (Å²) in [5, 5.41) is 8.43. The maximum absolute atomic E-state index is 12.2. The van der Waals surface area contributed by atoms with Crippen LogP contribution < -0.4 is 0 Å². The van der Waals surface area contributed by atoms with E-state index in [0.717, 1.165) is 29.3 Å². The van der Waals surface area contributed by atoms with Gasteiger partial charge in [0.05, 0.1) is 17.0 Å². The van der Waals surface area contributed by atoms with Gasteiger partial charge in [0.25, 0.3) is 0 Å². The molecule has 2 heterocycles. The lowest BCUT2D eigenvalue weighted by Crippen LogP contribution is -2.41. The molecule has 0 spiro atoms. The van der Waals surface area contributed by atoms with Gasteiger partial charge in [0.2, 0.25) is 10.0 Å². The molecule has 1 fully saturated rings. The van der Waals surface area contributed by atoms with Crippen molar-refractivity contribution in [3.8, 4) is 0 Å². The molecular formula is C15H20ClN3O2S. The van der Waals surface area contributed by atoms with E-state index in [1.807, 2.05) is 18.3 Å². The number of halogens is 1. The number of nitrogens with one attached hydrogen (secondary N) is 1. The van der Waals surface area contributed by atoms with Crippen LogP contribution in [0.4, 0.5) is 0 Å². The van der Waals surface area contributed by atoms with Crippen molar-refractivity contribution >= 4 is 32.5 Å². The average Bonchev–Trinajstić information content (AvgIpc) is 2.94. The monoisotopic (exact) mass is 341 g/mol. The van der Waals surface area contributed by atoms with Gasteiger partial charge in [-0.2, -0.15) is 5.10 Å². The zero-order chi connectivity index (χ0) is 15.9. The first-order chi connectivity index (χ1) is 10.4. The van der Waals surface area contributed by atoms with E-state index in [1.54, 1.807) is 18.2 Å². The first kappa shape index (κ1) is 15.8. The Balaban J connectivity index is 1.83. The van der Waals surface area contributed by atoms with Crippen LogP contribution in [0.25, 0.3) is 10.9 Å². The highest BCUT2D eigenvalue weighted by molar-refractivity contribution is 7.89. The Kier molecular flexibility index (Phi) is 4.18. The van der Waals surface area contributed by atoms with E-state index in [1.165, 1.54) is 0 Å². The quantitative estimate of drug-likeness (QED) is 0.932. The predicted octanol–water partition coefficient (Wildman–Crippen LogP) is 3.13. The highest BCUT2D eigenvalue weighted by Crippen LogP contribution is 2.35. The molecule has 2 aromatic rings. The molecule has 5 nitrogen and oxygen atoms in total. The molecule has 1 aromatic carbocycles. The summed E-state index contributed by atoms with van der Waals surface area (Å²) in [4.78, 5) is 0. The van der Waals surface area contributed by atoms with Crippen LogP contribution in [-0.2, 0) is 10.0 Å². The van der Waals surface area contributed by atoms with Crippen molar-refractivity contribution in [3.05, 3.63) is 28.9 Å². The number of H-pyrrole nitrogens is 1. The van der Waals surface area contributed by atoms with E-state index in [4.69, 9.17) is 11.6 Å². The molecule has 0 saturated carbocycles. The van der Waals surface area contributed by atoms with E-state index >= 15 is 0 Å². The minimum Gasteiger partial charge on any atom is -0.278 e. The zero-order valence-corrected chi connectivity index (χ0v) is 14.3. The molecule has 3 rings (SSSR count). The molecule has 0 aliphatic carbocycles. The van der Waals surface area contributed by atoms with Crippen LogP contribution in [0.5, 0.6) is 0 Å². The van der Waals surface area contributed by atoms with Gasteiger partial charge in [-0.15, -0.1) is 0 Å². The van der Waals surface area contributed by atoms with Crippen molar-refractivity contribution in [2.75, 3.05) is 13.1 Å². The maximum atomic E-state index is 12.2. The number of piperidine rings is 1. The summed E-state index contributed by atoms with van der Waals surface area (Å²) >= 11 is 6.19. The Morgan fingerprint density at radius 3 is 2.64 bits per heavy atom. The van der Waals surface area contributed by atoms with Gasteiger partial charge in [-0.1, -0.05) is 11.6 Å². The third kappa shape index (κ3) is 2.75. The van der Waals surface area contributed by atoms with Crippen LogP contribution in [0.15, 0.2) is 18.3 Å². The Bertz CT molecular complexity index is 777. The van der Waals surface area contributed by atoms with Crippen molar-refractivity contribution in [3.63, 3.8) is 0 Å². The number of sulfonamides is 1. The molecule has 1 saturated heterocycles. The molecule has 120 valence electrons. The van der Waals surface area contributed by atoms with Gasteiger partial charge < -0.3 is 0 Å². The fourth-order valence-corrected chi connectivity index (χ4v) is 4.64.